The lowest BCUT2D eigenvalue weighted by Gasteiger charge is -2.21. The minimum absolute atomic E-state index is 0.0199. The Labute approximate surface area is 93.8 Å². The molecule has 0 aliphatic carbocycles. The third-order valence-electron chi connectivity index (χ3n) is 2.86. The average Bonchev–Trinajstić information content (AvgIpc) is 2.75. The lowest BCUT2D eigenvalue weighted by Crippen LogP contribution is -2.27. The van der Waals surface area contributed by atoms with Crippen LogP contribution in [-0.4, -0.2) is 33.6 Å². The largest absolute Gasteiger partial charge is 0.409 e. The normalized spacial score (nSPS) is 21.4. The van der Waals surface area contributed by atoms with E-state index < -0.39 is 0 Å². The lowest BCUT2D eigenvalue weighted by atomic mass is 10.2. The first-order chi connectivity index (χ1) is 7.72. The molecule has 1 aliphatic heterocycles. The zero-order valence-electron chi connectivity index (χ0n) is 9.17. The van der Waals surface area contributed by atoms with Crippen LogP contribution in [0.3, 0.4) is 0 Å². The van der Waals surface area contributed by atoms with E-state index in [9.17, 15) is 0 Å². The Morgan fingerprint density at radius 1 is 1.56 bits per heavy atom. The van der Waals surface area contributed by atoms with Crippen molar-refractivity contribution in [3.8, 4) is 0 Å². The van der Waals surface area contributed by atoms with Crippen molar-refractivity contribution in [2.24, 2.45) is 10.9 Å². The SMILES string of the molecule is CC1CCCN1c1cnc(C(N)=NO)cn1. The van der Waals surface area contributed by atoms with Gasteiger partial charge < -0.3 is 15.8 Å². The molecule has 0 saturated carbocycles. The van der Waals surface area contributed by atoms with Gasteiger partial charge in [0.25, 0.3) is 0 Å². The maximum atomic E-state index is 8.50. The third kappa shape index (κ3) is 1.91. The average molecular weight is 221 g/mol. The fraction of sp³-hybridized carbons (Fsp3) is 0.500. The Kier molecular flexibility index (Phi) is 2.89. The quantitative estimate of drug-likeness (QED) is 0.330. The van der Waals surface area contributed by atoms with Crippen LogP contribution >= 0.6 is 0 Å². The molecule has 1 aromatic heterocycles. The van der Waals surface area contributed by atoms with Crippen molar-refractivity contribution in [3.63, 3.8) is 0 Å². The number of rotatable bonds is 2. The number of nitrogens with two attached hydrogens (primary N) is 1. The highest BCUT2D eigenvalue weighted by molar-refractivity contribution is 5.94. The van der Waals surface area contributed by atoms with E-state index in [1.807, 2.05) is 0 Å². The van der Waals surface area contributed by atoms with Gasteiger partial charge in [-0.05, 0) is 19.8 Å². The zero-order chi connectivity index (χ0) is 11.5. The molecule has 1 saturated heterocycles. The molecule has 1 unspecified atom stereocenters. The maximum Gasteiger partial charge on any atom is 0.190 e. The predicted octanol–water partition coefficient (Wildman–Crippen LogP) is 0.560. The van der Waals surface area contributed by atoms with Gasteiger partial charge >= 0.3 is 0 Å². The molecule has 6 nitrogen and oxygen atoms in total. The monoisotopic (exact) mass is 221 g/mol. The zero-order valence-corrected chi connectivity index (χ0v) is 9.17. The van der Waals surface area contributed by atoms with E-state index in [1.165, 1.54) is 19.0 Å². The van der Waals surface area contributed by atoms with Gasteiger partial charge in [-0.1, -0.05) is 5.16 Å². The molecule has 0 bridgehead atoms. The van der Waals surface area contributed by atoms with Crippen LogP contribution in [0.4, 0.5) is 5.82 Å². The van der Waals surface area contributed by atoms with Crippen molar-refractivity contribution < 1.29 is 5.21 Å². The number of amidine groups is 1. The molecule has 2 heterocycles. The predicted molar refractivity (Wildman–Crippen MR) is 60.6 cm³/mol. The van der Waals surface area contributed by atoms with Crippen LogP contribution in [-0.2, 0) is 0 Å². The Hall–Kier alpha value is -1.85. The Morgan fingerprint density at radius 2 is 2.38 bits per heavy atom. The summed E-state index contributed by atoms with van der Waals surface area (Å²) in [6.07, 6.45) is 5.55. The summed E-state index contributed by atoms with van der Waals surface area (Å²) in [5.41, 5.74) is 5.80. The topological polar surface area (TPSA) is 87.6 Å². The maximum absolute atomic E-state index is 8.50. The van der Waals surface area contributed by atoms with E-state index in [2.05, 4.69) is 26.9 Å². The van der Waals surface area contributed by atoms with Crippen molar-refractivity contribution in [1.82, 2.24) is 9.97 Å². The van der Waals surface area contributed by atoms with E-state index in [4.69, 9.17) is 10.9 Å². The van der Waals surface area contributed by atoms with E-state index in [0.29, 0.717) is 11.7 Å². The van der Waals surface area contributed by atoms with Crippen molar-refractivity contribution in [1.29, 1.82) is 0 Å². The second-order valence-electron chi connectivity index (χ2n) is 3.93. The van der Waals surface area contributed by atoms with Crippen LogP contribution in [0, 0.1) is 0 Å². The highest BCUT2D eigenvalue weighted by Crippen LogP contribution is 2.22. The van der Waals surface area contributed by atoms with Gasteiger partial charge in [0.2, 0.25) is 0 Å². The van der Waals surface area contributed by atoms with E-state index in [1.54, 1.807) is 6.20 Å². The molecule has 16 heavy (non-hydrogen) atoms. The van der Waals surface area contributed by atoms with Crippen molar-refractivity contribution in [2.75, 3.05) is 11.4 Å². The van der Waals surface area contributed by atoms with Gasteiger partial charge in [0.1, 0.15) is 11.5 Å². The molecule has 0 spiro atoms. The Balaban J connectivity index is 2.19. The van der Waals surface area contributed by atoms with Crippen molar-refractivity contribution in [2.45, 2.75) is 25.8 Å². The van der Waals surface area contributed by atoms with Gasteiger partial charge in [0.15, 0.2) is 5.84 Å². The summed E-state index contributed by atoms with van der Waals surface area (Å²) in [6.45, 7) is 3.19. The number of aromatic nitrogens is 2. The molecule has 0 aromatic carbocycles. The molecule has 1 atom stereocenters. The molecular formula is C10H15N5O. The molecule has 1 aliphatic rings. The fourth-order valence-corrected chi connectivity index (χ4v) is 1.93. The molecule has 1 aromatic rings. The van der Waals surface area contributed by atoms with Crippen LogP contribution in [0.25, 0.3) is 0 Å². The molecule has 0 amide bonds. The van der Waals surface area contributed by atoms with Gasteiger partial charge in [0.05, 0.1) is 12.4 Å². The summed E-state index contributed by atoms with van der Waals surface area (Å²) in [7, 11) is 0. The minimum atomic E-state index is -0.0199. The van der Waals surface area contributed by atoms with Crippen LogP contribution in [0.1, 0.15) is 25.5 Å². The minimum Gasteiger partial charge on any atom is -0.409 e. The number of hydrogen-bond donors (Lipinski definition) is 2. The van der Waals surface area contributed by atoms with Gasteiger partial charge in [-0.2, -0.15) is 0 Å². The van der Waals surface area contributed by atoms with Crippen molar-refractivity contribution in [3.05, 3.63) is 18.1 Å². The highest BCUT2D eigenvalue weighted by Gasteiger charge is 2.21. The van der Waals surface area contributed by atoms with Crippen LogP contribution < -0.4 is 10.6 Å². The smallest absolute Gasteiger partial charge is 0.190 e. The Morgan fingerprint density at radius 3 is 2.88 bits per heavy atom. The number of nitrogens with zero attached hydrogens (tertiary/aromatic N) is 4. The first-order valence-corrected chi connectivity index (χ1v) is 5.29. The molecule has 86 valence electrons. The Bertz CT molecular complexity index is 389. The first-order valence-electron chi connectivity index (χ1n) is 5.29. The summed E-state index contributed by atoms with van der Waals surface area (Å²) < 4.78 is 0. The number of oxime groups is 1. The van der Waals surface area contributed by atoms with Gasteiger partial charge in [0, 0.05) is 12.6 Å². The summed E-state index contributed by atoms with van der Waals surface area (Å²) >= 11 is 0. The molecular weight excluding hydrogens is 206 g/mol. The van der Waals surface area contributed by atoms with Crippen molar-refractivity contribution >= 4 is 11.7 Å². The summed E-state index contributed by atoms with van der Waals surface area (Å²) in [5, 5.41) is 11.4. The third-order valence-corrected chi connectivity index (χ3v) is 2.86. The second-order valence-corrected chi connectivity index (χ2v) is 3.93. The molecule has 6 heteroatoms. The first kappa shape index (κ1) is 10.7. The highest BCUT2D eigenvalue weighted by atomic mass is 16.4. The summed E-state index contributed by atoms with van der Waals surface area (Å²) in [5.74, 6) is 0.827. The molecule has 0 radical (unpaired) electrons. The molecule has 1 fully saturated rings. The van der Waals surface area contributed by atoms with Gasteiger partial charge in [-0.15, -0.1) is 0 Å². The van der Waals surface area contributed by atoms with Crippen LogP contribution in [0.5, 0.6) is 0 Å². The van der Waals surface area contributed by atoms with E-state index in [-0.39, 0.29) is 5.84 Å². The molecule has 3 N–H and O–H groups in total. The lowest BCUT2D eigenvalue weighted by molar-refractivity contribution is 0.318. The number of anilines is 1. The second kappa shape index (κ2) is 4.34. The number of hydrogen-bond acceptors (Lipinski definition) is 5. The van der Waals surface area contributed by atoms with E-state index >= 15 is 0 Å². The fourth-order valence-electron chi connectivity index (χ4n) is 1.93. The standard InChI is InChI=1S/C10H15N5O/c1-7-3-2-4-15(7)9-6-12-8(5-13-9)10(11)14-16/h5-7,16H,2-4H2,1H3,(H2,11,14). The van der Waals surface area contributed by atoms with Gasteiger partial charge in [-0.3, -0.25) is 0 Å². The summed E-state index contributed by atoms with van der Waals surface area (Å²) in [6, 6.07) is 0.504. The van der Waals surface area contributed by atoms with Crippen LogP contribution in [0.15, 0.2) is 17.5 Å². The molecule has 2 rings (SSSR count). The summed E-state index contributed by atoms with van der Waals surface area (Å²) in [4.78, 5) is 10.6. The van der Waals surface area contributed by atoms with Gasteiger partial charge in [-0.25, -0.2) is 9.97 Å². The van der Waals surface area contributed by atoms with Crippen LogP contribution in [0.2, 0.25) is 0 Å². The van der Waals surface area contributed by atoms with E-state index in [0.717, 1.165) is 12.4 Å².